The zero-order valence-corrected chi connectivity index (χ0v) is 13.2. The van der Waals surface area contributed by atoms with Crippen molar-refractivity contribution in [1.82, 2.24) is 0 Å². The molecule has 0 aliphatic rings. The SMILES string of the molecule is CCc1cc(CC(N)C(=O)O)cc(C)c1Oc1ccc(O)cc1. The molecule has 1 atom stereocenters. The second-order valence-electron chi connectivity index (χ2n) is 5.50. The second kappa shape index (κ2) is 7.15. The Morgan fingerprint density at radius 3 is 2.48 bits per heavy atom. The summed E-state index contributed by atoms with van der Waals surface area (Å²) in [5.41, 5.74) is 8.41. The predicted molar refractivity (Wildman–Crippen MR) is 88.1 cm³/mol. The summed E-state index contributed by atoms with van der Waals surface area (Å²) in [5.74, 6) is 0.564. The average molecular weight is 315 g/mol. The van der Waals surface area contributed by atoms with Gasteiger partial charge in [-0.25, -0.2) is 0 Å². The zero-order valence-electron chi connectivity index (χ0n) is 13.2. The van der Waals surface area contributed by atoms with Crippen LogP contribution in [0.5, 0.6) is 17.2 Å². The van der Waals surface area contributed by atoms with Crippen molar-refractivity contribution in [3.63, 3.8) is 0 Å². The minimum absolute atomic E-state index is 0.183. The van der Waals surface area contributed by atoms with Crippen molar-refractivity contribution in [2.45, 2.75) is 32.7 Å². The van der Waals surface area contributed by atoms with E-state index < -0.39 is 12.0 Å². The van der Waals surface area contributed by atoms with Crippen LogP contribution in [-0.2, 0) is 17.6 Å². The molecule has 2 aromatic carbocycles. The van der Waals surface area contributed by atoms with Crippen molar-refractivity contribution in [3.8, 4) is 17.2 Å². The highest BCUT2D eigenvalue weighted by Crippen LogP contribution is 2.31. The summed E-state index contributed by atoms with van der Waals surface area (Å²) >= 11 is 0. The third-order valence-corrected chi connectivity index (χ3v) is 3.62. The quantitative estimate of drug-likeness (QED) is 0.762. The maximum absolute atomic E-state index is 10.9. The summed E-state index contributed by atoms with van der Waals surface area (Å²) in [4.78, 5) is 10.9. The number of nitrogens with two attached hydrogens (primary N) is 1. The van der Waals surface area contributed by atoms with Gasteiger partial charge in [0.2, 0.25) is 0 Å². The molecule has 122 valence electrons. The van der Waals surface area contributed by atoms with Crippen LogP contribution in [0.2, 0.25) is 0 Å². The molecule has 0 aliphatic heterocycles. The Morgan fingerprint density at radius 1 is 1.26 bits per heavy atom. The van der Waals surface area contributed by atoms with Gasteiger partial charge in [0, 0.05) is 0 Å². The molecule has 4 N–H and O–H groups in total. The van der Waals surface area contributed by atoms with Crippen LogP contribution < -0.4 is 10.5 Å². The lowest BCUT2D eigenvalue weighted by molar-refractivity contribution is -0.138. The number of phenolic OH excluding ortho intramolecular Hbond substituents is 1. The number of aliphatic carboxylic acids is 1. The van der Waals surface area contributed by atoms with Crippen molar-refractivity contribution in [1.29, 1.82) is 0 Å². The van der Waals surface area contributed by atoms with Crippen molar-refractivity contribution in [2.24, 2.45) is 5.73 Å². The van der Waals surface area contributed by atoms with Gasteiger partial charge in [0.1, 0.15) is 23.3 Å². The number of ether oxygens (including phenoxy) is 1. The van der Waals surface area contributed by atoms with E-state index in [-0.39, 0.29) is 12.2 Å². The van der Waals surface area contributed by atoms with E-state index in [4.69, 9.17) is 15.6 Å². The summed E-state index contributed by atoms with van der Waals surface area (Å²) in [6.45, 7) is 3.93. The predicted octanol–water partition coefficient (Wildman–Crippen LogP) is 3.01. The molecule has 23 heavy (non-hydrogen) atoms. The lowest BCUT2D eigenvalue weighted by Crippen LogP contribution is -2.32. The van der Waals surface area contributed by atoms with Crippen LogP contribution in [0.15, 0.2) is 36.4 Å². The molecule has 0 amide bonds. The molecule has 0 bridgehead atoms. The number of aryl methyl sites for hydroxylation is 2. The summed E-state index contributed by atoms with van der Waals surface area (Å²) in [6.07, 6.45) is 1.03. The summed E-state index contributed by atoms with van der Waals surface area (Å²) in [5, 5.41) is 18.3. The summed E-state index contributed by atoms with van der Waals surface area (Å²) in [6, 6.07) is 9.45. The first-order valence-electron chi connectivity index (χ1n) is 7.48. The molecule has 0 radical (unpaired) electrons. The Morgan fingerprint density at radius 2 is 1.91 bits per heavy atom. The van der Waals surface area contributed by atoms with Crippen molar-refractivity contribution >= 4 is 5.97 Å². The van der Waals surface area contributed by atoms with Gasteiger partial charge in [-0.1, -0.05) is 19.1 Å². The Hall–Kier alpha value is -2.53. The number of aromatic hydroxyl groups is 1. The molecular formula is C18H21NO4. The smallest absolute Gasteiger partial charge is 0.320 e. The Kier molecular flexibility index (Phi) is 5.24. The fourth-order valence-electron chi connectivity index (χ4n) is 2.43. The second-order valence-corrected chi connectivity index (χ2v) is 5.50. The molecule has 2 aromatic rings. The van der Waals surface area contributed by atoms with Gasteiger partial charge in [-0.05, 0) is 60.7 Å². The van der Waals surface area contributed by atoms with E-state index in [1.54, 1.807) is 24.3 Å². The molecule has 0 aromatic heterocycles. The van der Waals surface area contributed by atoms with Crippen molar-refractivity contribution in [2.75, 3.05) is 0 Å². The first-order valence-corrected chi connectivity index (χ1v) is 7.48. The number of rotatable bonds is 6. The molecule has 0 spiro atoms. The Labute approximate surface area is 135 Å². The van der Waals surface area contributed by atoms with Gasteiger partial charge < -0.3 is 20.7 Å². The van der Waals surface area contributed by atoms with Crippen molar-refractivity contribution in [3.05, 3.63) is 53.1 Å². The fraction of sp³-hybridized carbons (Fsp3) is 0.278. The summed E-state index contributed by atoms with van der Waals surface area (Å²) < 4.78 is 5.93. The van der Waals surface area contributed by atoms with Crippen LogP contribution >= 0.6 is 0 Å². The number of carbonyl (C=O) groups is 1. The van der Waals surface area contributed by atoms with Gasteiger partial charge in [0.05, 0.1) is 0 Å². The molecule has 5 nitrogen and oxygen atoms in total. The lowest BCUT2D eigenvalue weighted by atomic mass is 9.98. The van der Waals surface area contributed by atoms with Gasteiger partial charge in [0.25, 0.3) is 0 Å². The Bertz CT molecular complexity index is 695. The highest BCUT2D eigenvalue weighted by molar-refractivity contribution is 5.73. The number of phenols is 1. The highest BCUT2D eigenvalue weighted by Gasteiger charge is 2.15. The normalized spacial score (nSPS) is 12.0. The molecule has 0 aliphatic carbocycles. The average Bonchev–Trinajstić information content (AvgIpc) is 2.51. The van der Waals surface area contributed by atoms with E-state index >= 15 is 0 Å². The maximum atomic E-state index is 10.9. The number of hydrogen-bond acceptors (Lipinski definition) is 4. The van der Waals surface area contributed by atoms with Crippen LogP contribution in [0.1, 0.15) is 23.6 Å². The van der Waals surface area contributed by atoms with E-state index in [2.05, 4.69) is 0 Å². The van der Waals surface area contributed by atoms with Crippen LogP contribution in [0.3, 0.4) is 0 Å². The molecular weight excluding hydrogens is 294 g/mol. The van der Waals surface area contributed by atoms with Gasteiger partial charge in [-0.15, -0.1) is 0 Å². The highest BCUT2D eigenvalue weighted by atomic mass is 16.5. The fourth-order valence-corrected chi connectivity index (χ4v) is 2.43. The van der Waals surface area contributed by atoms with Crippen LogP contribution in [0.4, 0.5) is 0 Å². The molecule has 0 heterocycles. The third-order valence-electron chi connectivity index (χ3n) is 3.62. The third kappa shape index (κ3) is 4.23. The largest absolute Gasteiger partial charge is 0.508 e. The lowest BCUT2D eigenvalue weighted by Gasteiger charge is -2.16. The molecule has 0 saturated heterocycles. The van der Waals surface area contributed by atoms with E-state index in [0.29, 0.717) is 5.75 Å². The van der Waals surface area contributed by atoms with Crippen molar-refractivity contribution < 1.29 is 19.7 Å². The maximum Gasteiger partial charge on any atom is 0.320 e. The van der Waals surface area contributed by atoms with Gasteiger partial charge in [-0.3, -0.25) is 4.79 Å². The van der Waals surface area contributed by atoms with Gasteiger partial charge in [-0.2, -0.15) is 0 Å². The first kappa shape index (κ1) is 16.8. The summed E-state index contributed by atoms with van der Waals surface area (Å²) in [7, 11) is 0. The van der Waals surface area contributed by atoms with E-state index in [0.717, 1.165) is 28.9 Å². The molecule has 0 saturated carbocycles. The molecule has 1 unspecified atom stereocenters. The number of hydrogen-bond donors (Lipinski definition) is 3. The minimum Gasteiger partial charge on any atom is -0.508 e. The first-order chi connectivity index (χ1) is 10.9. The van der Waals surface area contributed by atoms with Gasteiger partial charge >= 0.3 is 5.97 Å². The van der Waals surface area contributed by atoms with E-state index in [9.17, 15) is 9.90 Å². The van der Waals surface area contributed by atoms with E-state index in [1.165, 1.54) is 0 Å². The van der Waals surface area contributed by atoms with Gasteiger partial charge in [0.15, 0.2) is 0 Å². The topological polar surface area (TPSA) is 92.8 Å². The number of carboxylic acid groups (broad SMARTS) is 1. The molecule has 5 heteroatoms. The minimum atomic E-state index is -1.01. The van der Waals surface area contributed by atoms with E-state index in [1.807, 2.05) is 26.0 Å². The van der Waals surface area contributed by atoms with Crippen LogP contribution in [0.25, 0.3) is 0 Å². The Balaban J connectivity index is 2.29. The van der Waals surface area contributed by atoms with Crippen LogP contribution in [-0.4, -0.2) is 22.2 Å². The monoisotopic (exact) mass is 315 g/mol. The zero-order chi connectivity index (χ0) is 17.0. The number of benzene rings is 2. The molecule has 0 fully saturated rings. The van der Waals surface area contributed by atoms with Crippen LogP contribution in [0, 0.1) is 6.92 Å². The standard InChI is InChI=1S/C18H21NO4/c1-3-13-9-12(10-16(19)18(21)22)8-11(2)17(13)23-15-6-4-14(20)5-7-15/h4-9,16,20H,3,10,19H2,1-2H3,(H,21,22). The number of carboxylic acids is 1. The molecule has 2 rings (SSSR count).